The molecule has 116 valence electrons. The molecule has 7 heteroatoms. The molecule has 0 bridgehead atoms. The number of aromatic nitrogens is 1. The van der Waals surface area contributed by atoms with Crippen LogP contribution in [0.25, 0.3) is 21.0 Å². The molecule has 4 aromatic rings. The fraction of sp³-hybridized carbons (Fsp3) is 0. The Morgan fingerprint density at radius 1 is 0.833 bits per heavy atom. The summed E-state index contributed by atoms with van der Waals surface area (Å²) < 4.78 is 0.947. The van der Waals surface area contributed by atoms with Crippen LogP contribution < -0.4 is 27.1 Å². The monoisotopic (exact) mass is 335 g/mol. The molecule has 0 atom stereocenters. The Balaban J connectivity index is 1.90. The third kappa shape index (κ3) is 2.22. The van der Waals surface area contributed by atoms with Crippen LogP contribution in [0.1, 0.15) is 0 Å². The van der Waals surface area contributed by atoms with Crippen molar-refractivity contribution in [3.63, 3.8) is 0 Å². The molecule has 0 fully saturated rings. The van der Waals surface area contributed by atoms with Gasteiger partial charge in [-0.15, -0.1) is 0 Å². The summed E-state index contributed by atoms with van der Waals surface area (Å²) in [5.74, 6) is 0. The zero-order valence-corrected chi connectivity index (χ0v) is 13.0. The van der Waals surface area contributed by atoms with Crippen molar-refractivity contribution in [1.82, 2.24) is 4.98 Å². The Morgan fingerprint density at radius 2 is 1.50 bits per heavy atom. The number of rotatable bonds is 2. The van der Waals surface area contributed by atoms with Crippen LogP contribution in [0.3, 0.4) is 0 Å². The lowest BCUT2D eigenvalue weighted by Crippen LogP contribution is -2.48. The molecule has 1 N–H and O–H groups in total. The number of hydrogen-bond acceptors (Lipinski definition) is 7. The van der Waals surface area contributed by atoms with E-state index in [-0.39, 0.29) is 10.8 Å². The van der Waals surface area contributed by atoms with Crippen molar-refractivity contribution in [2.45, 2.75) is 0 Å². The van der Waals surface area contributed by atoms with Gasteiger partial charge < -0.3 is 0 Å². The quantitative estimate of drug-likeness (QED) is 0.441. The van der Waals surface area contributed by atoms with Gasteiger partial charge >= 0.3 is 0 Å². The summed E-state index contributed by atoms with van der Waals surface area (Å²) in [5.41, 5.74) is 1.20. The Labute approximate surface area is 138 Å². The minimum absolute atomic E-state index is 0.117. The van der Waals surface area contributed by atoms with Gasteiger partial charge in [0, 0.05) is 10.8 Å². The van der Waals surface area contributed by atoms with Gasteiger partial charge in [0.2, 0.25) is 16.0 Å². The molecule has 1 aromatic heterocycles. The Kier molecular flexibility index (Phi) is 3.28. The highest BCUT2D eigenvalue weighted by Gasteiger charge is 2.10. The summed E-state index contributed by atoms with van der Waals surface area (Å²) in [5, 5.41) is 4.18. The lowest BCUT2D eigenvalue weighted by Gasteiger charge is -1.95. The van der Waals surface area contributed by atoms with Gasteiger partial charge in [-0.25, -0.2) is 4.98 Å². The highest BCUT2D eigenvalue weighted by molar-refractivity contribution is 7.22. The molecule has 0 unspecified atom stereocenters. The molecule has 3 aromatic carbocycles. The molecule has 0 spiro atoms. The van der Waals surface area contributed by atoms with Gasteiger partial charge in [0.15, 0.2) is 5.36 Å². The second-order valence-electron chi connectivity index (χ2n) is 5.09. The number of fused-ring (bicyclic) bond motifs is 2. The molecular weight excluding hydrogens is 326 g/mol. The SMILES string of the molecule is O=c1c(=O)c2ccccc2c(=O)/c1=N/Nc1nc2ccccc2s1. The van der Waals surface area contributed by atoms with Gasteiger partial charge in [0.05, 0.1) is 10.2 Å². The number of para-hydroxylation sites is 1. The van der Waals surface area contributed by atoms with E-state index in [9.17, 15) is 14.4 Å². The van der Waals surface area contributed by atoms with Crippen molar-refractivity contribution in [2.24, 2.45) is 5.10 Å². The molecule has 1 heterocycles. The first-order chi connectivity index (χ1) is 11.6. The van der Waals surface area contributed by atoms with E-state index in [1.165, 1.54) is 23.5 Å². The van der Waals surface area contributed by atoms with E-state index >= 15 is 0 Å². The first-order valence-electron chi connectivity index (χ1n) is 7.07. The molecular formula is C17H9N3O3S. The van der Waals surface area contributed by atoms with Crippen LogP contribution in [0.4, 0.5) is 5.13 Å². The largest absolute Gasteiger partial charge is 0.287 e. The van der Waals surface area contributed by atoms with Gasteiger partial charge in [-0.3, -0.25) is 19.8 Å². The number of hydrogen-bond donors (Lipinski definition) is 1. The molecule has 6 nitrogen and oxygen atoms in total. The Morgan fingerprint density at radius 3 is 2.25 bits per heavy atom. The van der Waals surface area contributed by atoms with Crippen molar-refractivity contribution in [3.8, 4) is 0 Å². The number of benzene rings is 3. The van der Waals surface area contributed by atoms with Crippen LogP contribution in [0.2, 0.25) is 0 Å². The van der Waals surface area contributed by atoms with E-state index in [4.69, 9.17) is 0 Å². The number of nitrogens with one attached hydrogen (secondary N) is 1. The maximum Gasteiger partial charge on any atom is 0.257 e. The van der Waals surface area contributed by atoms with E-state index < -0.39 is 21.6 Å². The summed E-state index contributed by atoms with van der Waals surface area (Å²) >= 11 is 1.34. The van der Waals surface area contributed by atoms with Crippen LogP contribution in [-0.2, 0) is 0 Å². The molecule has 0 radical (unpaired) electrons. The minimum Gasteiger partial charge on any atom is -0.287 e. The van der Waals surface area contributed by atoms with E-state index in [1.54, 1.807) is 12.1 Å². The molecule has 0 aliphatic heterocycles. The summed E-state index contributed by atoms with van der Waals surface area (Å²) in [6.07, 6.45) is 0. The van der Waals surface area contributed by atoms with Crippen LogP contribution in [0.5, 0.6) is 0 Å². The van der Waals surface area contributed by atoms with Crippen LogP contribution >= 0.6 is 11.3 Å². The van der Waals surface area contributed by atoms with E-state index in [2.05, 4.69) is 15.5 Å². The second kappa shape index (κ2) is 5.47. The zero-order chi connectivity index (χ0) is 16.7. The van der Waals surface area contributed by atoms with Crippen molar-refractivity contribution < 1.29 is 0 Å². The molecule has 0 saturated heterocycles. The lowest BCUT2D eigenvalue weighted by molar-refractivity contribution is 1.16. The Bertz CT molecular complexity index is 1270. The zero-order valence-electron chi connectivity index (χ0n) is 12.1. The molecule has 24 heavy (non-hydrogen) atoms. The van der Waals surface area contributed by atoms with Crippen molar-refractivity contribution in [2.75, 3.05) is 5.43 Å². The fourth-order valence-electron chi connectivity index (χ4n) is 2.46. The first kappa shape index (κ1) is 14.4. The molecule has 0 amide bonds. The van der Waals surface area contributed by atoms with Crippen LogP contribution in [-0.4, -0.2) is 4.98 Å². The lowest BCUT2D eigenvalue weighted by atomic mass is 10.1. The summed E-state index contributed by atoms with van der Waals surface area (Å²) in [6.45, 7) is 0. The van der Waals surface area contributed by atoms with Gasteiger partial charge in [-0.1, -0.05) is 47.7 Å². The van der Waals surface area contributed by atoms with Gasteiger partial charge in [-0.2, -0.15) is 5.10 Å². The predicted octanol–water partition coefficient (Wildman–Crippen LogP) is 1.33. The third-order valence-electron chi connectivity index (χ3n) is 3.61. The predicted molar refractivity (Wildman–Crippen MR) is 93.9 cm³/mol. The third-order valence-corrected chi connectivity index (χ3v) is 4.55. The first-order valence-corrected chi connectivity index (χ1v) is 7.89. The van der Waals surface area contributed by atoms with Gasteiger partial charge in [-0.05, 0) is 12.1 Å². The van der Waals surface area contributed by atoms with E-state index in [0.29, 0.717) is 5.13 Å². The Hall–Kier alpha value is -3.19. The molecule has 0 aliphatic rings. The van der Waals surface area contributed by atoms with Gasteiger partial charge in [0.1, 0.15) is 0 Å². The summed E-state index contributed by atoms with van der Waals surface area (Å²) in [6, 6.07) is 13.7. The topological polar surface area (TPSA) is 88.5 Å². The average molecular weight is 335 g/mol. The number of nitrogens with zero attached hydrogens (tertiary/aromatic N) is 2. The van der Waals surface area contributed by atoms with Crippen LogP contribution in [0, 0.1) is 0 Å². The van der Waals surface area contributed by atoms with Crippen molar-refractivity contribution in [1.29, 1.82) is 0 Å². The number of thiazole rings is 1. The molecule has 0 saturated carbocycles. The minimum atomic E-state index is -0.910. The fourth-order valence-corrected chi connectivity index (χ4v) is 3.27. The van der Waals surface area contributed by atoms with E-state index in [0.717, 1.165) is 10.2 Å². The van der Waals surface area contributed by atoms with Gasteiger partial charge in [0.25, 0.3) is 5.43 Å². The maximum atomic E-state index is 12.4. The highest BCUT2D eigenvalue weighted by Crippen LogP contribution is 2.24. The van der Waals surface area contributed by atoms with Crippen molar-refractivity contribution in [3.05, 3.63) is 84.6 Å². The highest BCUT2D eigenvalue weighted by atomic mass is 32.1. The summed E-state index contributed by atoms with van der Waals surface area (Å²) in [7, 11) is 0. The standard InChI is InChI=1S/C17H9N3O3S/c21-14-9-5-1-2-6-10(9)15(22)16(23)13(14)19-20-17-18-11-7-3-4-8-12(11)24-17/h1-8H,(H,18,20)/b19-13-. The smallest absolute Gasteiger partial charge is 0.257 e. The van der Waals surface area contributed by atoms with Crippen LogP contribution in [0.15, 0.2) is 68.0 Å². The second-order valence-corrected chi connectivity index (χ2v) is 6.12. The molecule has 4 rings (SSSR count). The summed E-state index contributed by atoms with van der Waals surface area (Å²) in [4.78, 5) is 40.9. The average Bonchev–Trinajstić information content (AvgIpc) is 3.02. The number of anilines is 1. The van der Waals surface area contributed by atoms with Crippen molar-refractivity contribution >= 4 is 37.5 Å². The maximum absolute atomic E-state index is 12.4. The normalized spacial score (nSPS) is 12.1. The molecule has 0 aliphatic carbocycles. The van der Waals surface area contributed by atoms with E-state index in [1.807, 2.05) is 24.3 Å².